The van der Waals surface area contributed by atoms with Gasteiger partial charge in [-0.3, -0.25) is 10.2 Å². The summed E-state index contributed by atoms with van der Waals surface area (Å²) in [6.45, 7) is 5.33. The van der Waals surface area contributed by atoms with Gasteiger partial charge in [-0.25, -0.2) is 0 Å². The maximum atomic E-state index is 11.9. The Morgan fingerprint density at radius 3 is 2.44 bits per heavy atom. The Bertz CT molecular complexity index is 347. The third-order valence-corrected chi connectivity index (χ3v) is 3.83. The maximum absolute atomic E-state index is 11.9. The monoisotopic (exact) mass is 359 g/mol. The number of hydrogen-bond acceptors (Lipinski definition) is 6. The highest BCUT2D eigenvalue weighted by Crippen LogP contribution is 1.99. The maximum Gasteiger partial charge on any atom is 0.236 e. The van der Waals surface area contributed by atoms with Crippen LogP contribution in [-0.2, 0) is 9.53 Å². The van der Waals surface area contributed by atoms with Gasteiger partial charge in [0.25, 0.3) is 0 Å². The molecular weight excluding hydrogens is 322 g/mol. The molecule has 0 saturated heterocycles. The molecule has 1 atom stereocenters. The molecule has 0 saturated carbocycles. The van der Waals surface area contributed by atoms with Gasteiger partial charge in [0.1, 0.15) is 0 Å². The van der Waals surface area contributed by atoms with Crippen LogP contribution in [0.3, 0.4) is 0 Å². The minimum atomic E-state index is -0.487. The van der Waals surface area contributed by atoms with Crippen LogP contribution in [-0.4, -0.2) is 75.8 Å². The second-order valence-electron chi connectivity index (χ2n) is 6.06. The van der Waals surface area contributed by atoms with E-state index in [9.17, 15) is 4.79 Å². The molecule has 25 heavy (non-hydrogen) atoms. The van der Waals surface area contributed by atoms with E-state index in [0.29, 0.717) is 32.7 Å². The average Bonchev–Trinajstić information content (AvgIpc) is 2.59. The standard InChI is InChI=1S/C16H37N7O2/c1-25-13-12-23(10-4-7-17)11-5-9-21-15(24)14(18)6-2-3-8-22-16(19)20/h14H,2-13,17-18H2,1H3,(H,21,24)(H4,19,20,22)/t14-/m1/s1. The van der Waals surface area contributed by atoms with Crippen LogP contribution >= 0.6 is 0 Å². The van der Waals surface area contributed by atoms with E-state index in [1.165, 1.54) is 0 Å². The van der Waals surface area contributed by atoms with E-state index in [1.54, 1.807) is 7.11 Å². The van der Waals surface area contributed by atoms with Gasteiger partial charge < -0.3 is 37.5 Å². The Labute approximate surface area is 151 Å². The van der Waals surface area contributed by atoms with Gasteiger partial charge in [-0.1, -0.05) is 0 Å². The molecule has 0 bridgehead atoms. The molecule has 0 unspecified atom stereocenters. The summed E-state index contributed by atoms with van der Waals surface area (Å²) in [7, 11) is 1.69. The molecule has 0 radical (unpaired) electrons. The third kappa shape index (κ3) is 14.6. The summed E-state index contributed by atoms with van der Waals surface area (Å²) in [4.78, 5) is 14.2. The van der Waals surface area contributed by atoms with E-state index in [0.717, 1.165) is 45.3 Å². The highest BCUT2D eigenvalue weighted by Gasteiger charge is 2.12. The molecule has 0 aliphatic heterocycles. The number of amides is 1. The van der Waals surface area contributed by atoms with Crippen molar-refractivity contribution in [2.75, 3.05) is 53.0 Å². The van der Waals surface area contributed by atoms with Crippen molar-refractivity contribution < 1.29 is 9.53 Å². The molecule has 0 fully saturated rings. The first-order valence-electron chi connectivity index (χ1n) is 9.03. The molecule has 9 N–H and O–H groups in total. The zero-order valence-electron chi connectivity index (χ0n) is 15.6. The summed E-state index contributed by atoms with van der Waals surface area (Å²) in [6.07, 6.45) is 4.10. The van der Waals surface area contributed by atoms with Crippen molar-refractivity contribution >= 4 is 11.9 Å². The van der Waals surface area contributed by atoms with Crippen LogP contribution in [0.25, 0.3) is 0 Å². The summed E-state index contributed by atoms with van der Waals surface area (Å²) in [6, 6.07) is -0.487. The highest BCUT2D eigenvalue weighted by molar-refractivity contribution is 5.81. The summed E-state index contributed by atoms with van der Waals surface area (Å²) >= 11 is 0. The van der Waals surface area contributed by atoms with Crippen LogP contribution in [0.5, 0.6) is 0 Å². The van der Waals surface area contributed by atoms with Crippen molar-refractivity contribution in [2.45, 2.75) is 38.1 Å². The van der Waals surface area contributed by atoms with Crippen molar-refractivity contribution in [2.24, 2.45) is 17.2 Å². The smallest absolute Gasteiger partial charge is 0.236 e. The second kappa shape index (κ2) is 16.1. The van der Waals surface area contributed by atoms with E-state index < -0.39 is 6.04 Å². The lowest BCUT2D eigenvalue weighted by Crippen LogP contribution is -2.42. The number of unbranched alkanes of at least 4 members (excludes halogenated alkanes) is 1. The Morgan fingerprint density at radius 1 is 1.12 bits per heavy atom. The number of nitrogens with two attached hydrogens (primary N) is 3. The first kappa shape index (κ1) is 23.6. The number of hydrogen-bond donors (Lipinski definition) is 6. The van der Waals surface area contributed by atoms with Gasteiger partial charge in [0, 0.05) is 26.7 Å². The van der Waals surface area contributed by atoms with Crippen LogP contribution in [0.1, 0.15) is 32.1 Å². The van der Waals surface area contributed by atoms with Crippen molar-refractivity contribution in [1.29, 1.82) is 5.41 Å². The Balaban J connectivity index is 3.78. The number of guanidine groups is 1. The molecule has 0 heterocycles. The first-order chi connectivity index (χ1) is 12.0. The molecule has 0 aromatic carbocycles. The van der Waals surface area contributed by atoms with Crippen LogP contribution in [0.4, 0.5) is 0 Å². The van der Waals surface area contributed by atoms with Gasteiger partial charge in [0.05, 0.1) is 12.6 Å². The van der Waals surface area contributed by atoms with Crippen LogP contribution in [0, 0.1) is 5.41 Å². The number of carbonyl (C=O) groups excluding carboxylic acids is 1. The zero-order valence-corrected chi connectivity index (χ0v) is 15.6. The van der Waals surface area contributed by atoms with Gasteiger partial charge in [-0.05, 0) is 51.7 Å². The lowest BCUT2D eigenvalue weighted by Gasteiger charge is -2.22. The predicted molar refractivity (Wildman–Crippen MR) is 101 cm³/mol. The topological polar surface area (TPSA) is 156 Å². The van der Waals surface area contributed by atoms with E-state index in [4.69, 9.17) is 27.3 Å². The van der Waals surface area contributed by atoms with Gasteiger partial charge in [-0.2, -0.15) is 0 Å². The molecular formula is C16H37N7O2. The Kier molecular flexibility index (Phi) is 15.2. The fourth-order valence-electron chi connectivity index (χ4n) is 2.36. The quantitative estimate of drug-likeness (QED) is 0.114. The SMILES string of the molecule is COCCN(CCCN)CCCNC(=O)[C@H](N)CCCCNC(=N)N. The largest absolute Gasteiger partial charge is 0.383 e. The molecule has 0 rings (SSSR count). The summed E-state index contributed by atoms with van der Waals surface area (Å²) in [5.74, 6) is -0.141. The lowest BCUT2D eigenvalue weighted by atomic mass is 10.1. The van der Waals surface area contributed by atoms with E-state index in [-0.39, 0.29) is 11.9 Å². The fraction of sp³-hybridized carbons (Fsp3) is 0.875. The van der Waals surface area contributed by atoms with Crippen LogP contribution in [0.2, 0.25) is 0 Å². The molecule has 0 spiro atoms. The number of ether oxygens (including phenoxy) is 1. The van der Waals surface area contributed by atoms with E-state index in [1.807, 2.05) is 0 Å². The molecule has 0 aromatic rings. The normalized spacial score (nSPS) is 12.2. The molecule has 0 aliphatic rings. The summed E-state index contributed by atoms with van der Waals surface area (Å²) in [5.41, 5.74) is 16.6. The number of nitrogens with zero attached hydrogens (tertiary/aromatic N) is 1. The Hall–Kier alpha value is -1.42. The van der Waals surface area contributed by atoms with E-state index >= 15 is 0 Å². The number of methoxy groups -OCH3 is 1. The van der Waals surface area contributed by atoms with Gasteiger partial charge >= 0.3 is 0 Å². The Morgan fingerprint density at radius 2 is 1.80 bits per heavy atom. The van der Waals surface area contributed by atoms with Gasteiger partial charge in [0.2, 0.25) is 5.91 Å². The molecule has 9 nitrogen and oxygen atoms in total. The molecule has 0 aliphatic carbocycles. The number of rotatable bonds is 16. The van der Waals surface area contributed by atoms with Crippen LogP contribution < -0.4 is 27.8 Å². The summed E-state index contributed by atoms with van der Waals surface area (Å²) in [5, 5.41) is 12.7. The van der Waals surface area contributed by atoms with Crippen molar-refractivity contribution in [3.63, 3.8) is 0 Å². The number of nitrogens with one attached hydrogen (secondary N) is 3. The van der Waals surface area contributed by atoms with Crippen molar-refractivity contribution in [3.8, 4) is 0 Å². The molecule has 1 amide bonds. The predicted octanol–water partition coefficient (Wildman–Crippen LogP) is -1.23. The highest BCUT2D eigenvalue weighted by atomic mass is 16.5. The summed E-state index contributed by atoms with van der Waals surface area (Å²) < 4.78 is 5.11. The lowest BCUT2D eigenvalue weighted by molar-refractivity contribution is -0.122. The molecule has 148 valence electrons. The van der Waals surface area contributed by atoms with Crippen molar-refractivity contribution in [1.82, 2.24) is 15.5 Å². The van der Waals surface area contributed by atoms with Crippen LogP contribution in [0.15, 0.2) is 0 Å². The minimum Gasteiger partial charge on any atom is -0.383 e. The molecule has 0 aromatic heterocycles. The number of carbonyl (C=O) groups is 1. The molecule has 9 heteroatoms. The fourth-order valence-corrected chi connectivity index (χ4v) is 2.36. The second-order valence-corrected chi connectivity index (χ2v) is 6.06. The minimum absolute atomic E-state index is 0.0342. The third-order valence-electron chi connectivity index (χ3n) is 3.83. The van der Waals surface area contributed by atoms with Gasteiger partial charge in [-0.15, -0.1) is 0 Å². The first-order valence-corrected chi connectivity index (χ1v) is 9.03. The van der Waals surface area contributed by atoms with Crippen molar-refractivity contribution in [3.05, 3.63) is 0 Å². The van der Waals surface area contributed by atoms with Gasteiger partial charge in [0.15, 0.2) is 5.96 Å². The average molecular weight is 360 g/mol. The van der Waals surface area contributed by atoms with E-state index in [2.05, 4.69) is 15.5 Å². The zero-order chi connectivity index (χ0) is 18.9.